The van der Waals surface area contributed by atoms with Crippen LogP contribution in [0.2, 0.25) is 0 Å². The number of hydrogen-bond acceptors (Lipinski definition) is 4. The van der Waals surface area contributed by atoms with Crippen molar-refractivity contribution in [3.05, 3.63) is 0 Å². The summed E-state index contributed by atoms with van der Waals surface area (Å²) in [7, 11) is 1.65. The Balaban J connectivity index is 2.78. The van der Waals surface area contributed by atoms with Crippen molar-refractivity contribution in [2.75, 3.05) is 59.2 Å². The van der Waals surface area contributed by atoms with Gasteiger partial charge in [-0.2, -0.15) is 0 Å². The third kappa shape index (κ3) is 12.1. The first-order valence-corrected chi connectivity index (χ1v) is 5.23. The fraction of sp³-hybridized carbons (Fsp3) is 1.00. The number of methoxy groups -OCH3 is 1. The average Bonchev–Trinajstić information content (AvgIpc) is 2.21. The zero-order chi connectivity index (χ0) is 10.5. The minimum atomic E-state index is 0.528. The first-order chi connectivity index (χ1) is 6.91. The van der Waals surface area contributed by atoms with E-state index in [1.54, 1.807) is 7.11 Å². The van der Waals surface area contributed by atoms with Gasteiger partial charge in [-0.1, -0.05) is 0 Å². The van der Waals surface area contributed by atoms with Gasteiger partial charge in [-0.25, -0.2) is 0 Å². The Labute approximate surface area is 90.4 Å². The van der Waals surface area contributed by atoms with Crippen LogP contribution in [0.3, 0.4) is 0 Å². The third-order valence-corrected chi connectivity index (χ3v) is 1.55. The van der Waals surface area contributed by atoms with E-state index in [1.165, 1.54) is 0 Å². The summed E-state index contributed by atoms with van der Waals surface area (Å²) in [6, 6.07) is 0. The summed E-state index contributed by atoms with van der Waals surface area (Å²) in [5.74, 6) is 0.528. The lowest BCUT2D eigenvalue weighted by Gasteiger charge is -2.05. The Morgan fingerprint density at radius 2 is 1.14 bits per heavy atom. The second-order valence-electron chi connectivity index (χ2n) is 2.52. The second kappa shape index (κ2) is 13.1. The smallest absolute Gasteiger partial charge is 0.0701 e. The maximum atomic E-state index is 5.41. The van der Waals surface area contributed by atoms with Gasteiger partial charge >= 0.3 is 0 Å². The van der Waals surface area contributed by atoms with E-state index >= 15 is 0 Å². The van der Waals surface area contributed by atoms with Gasteiger partial charge in [0.15, 0.2) is 0 Å². The van der Waals surface area contributed by atoms with Gasteiger partial charge in [-0.05, 0) is 0 Å². The summed E-state index contributed by atoms with van der Waals surface area (Å²) in [6.45, 7) is 4.18. The van der Waals surface area contributed by atoms with Crippen molar-refractivity contribution in [2.45, 2.75) is 0 Å². The highest BCUT2D eigenvalue weighted by Crippen LogP contribution is 1.82. The largest absolute Gasteiger partial charge is 0.382 e. The van der Waals surface area contributed by atoms with Crippen molar-refractivity contribution in [3.8, 4) is 0 Å². The molecule has 0 radical (unpaired) electrons. The Bertz CT molecular complexity index is 90.8. The molecule has 0 spiro atoms. The van der Waals surface area contributed by atoms with E-state index in [0.717, 1.165) is 0 Å². The Hall–Kier alpha value is 0.130. The van der Waals surface area contributed by atoms with Crippen molar-refractivity contribution in [1.29, 1.82) is 0 Å². The molecule has 0 amide bonds. The van der Waals surface area contributed by atoms with Crippen molar-refractivity contribution < 1.29 is 18.9 Å². The topological polar surface area (TPSA) is 36.9 Å². The van der Waals surface area contributed by atoms with Gasteiger partial charge in [0.05, 0.1) is 46.2 Å². The van der Waals surface area contributed by atoms with E-state index < -0.39 is 0 Å². The number of halogens is 1. The quantitative estimate of drug-likeness (QED) is 0.388. The molecule has 0 heterocycles. The van der Waals surface area contributed by atoms with Crippen LogP contribution in [0.4, 0.5) is 0 Å². The van der Waals surface area contributed by atoms with Crippen LogP contribution in [0.5, 0.6) is 0 Å². The number of alkyl halides is 1. The summed E-state index contributed by atoms with van der Waals surface area (Å²) < 4.78 is 20.3. The summed E-state index contributed by atoms with van der Waals surface area (Å²) in [5, 5.41) is 0. The number of rotatable bonds is 11. The molecule has 14 heavy (non-hydrogen) atoms. The lowest BCUT2D eigenvalue weighted by Crippen LogP contribution is -2.11. The molecular weight excluding hydrogens is 208 g/mol. The first-order valence-electron chi connectivity index (χ1n) is 4.70. The number of hydrogen-bond donors (Lipinski definition) is 0. The zero-order valence-electron chi connectivity index (χ0n) is 8.67. The molecule has 86 valence electrons. The van der Waals surface area contributed by atoms with E-state index in [-0.39, 0.29) is 0 Å². The van der Waals surface area contributed by atoms with E-state index in [4.69, 9.17) is 30.5 Å². The van der Waals surface area contributed by atoms with Crippen molar-refractivity contribution in [1.82, 2.24) is 0 Å². The number of ether oxygens (including phenoxy) is 4. The normalized spacial score (nSPS) is 10.7. The molecule has 0 fully saturated rings. The molecule has 5 heteroatoms. The highest BCUT2D eigenvalue weighted by atomic mass is 35.5. The lowest BCUT2D eigenvalue weighted by atomic mass is 10.7. The minimum Gasteiger partial charge on any atom is -0.382 e. The van der Waals surface area contributed by atoms with Crippen LogP contribution < -0.4 is 0 Å². The maximum absolute atomic E-state index is 5.41. The molecule has 4 nitrogen and oxygen atoms in total. The van der Waals surface area contributed by atoms with Crippen LogP contribution in [0, 0.1) is 0 Å². The van der Waals surface area contributed by atoms with E-state index in [2.05, 4.69) is 0 Å². The van der Waals surface area contributed by atoms with E-state index in [0.29, 0.717) is 52.1 Å². The maximum Gasteiger partial charge on any atom is 0.0701 e. The Morgan fingerprint density at radius 1 is 0.714 bits per heavy atom. The molecule has 0 aromatic carbocycles. The van der Waals surface area contributed by atoms with E-state index in [1.807, 2.05) is 0 Å². The summed E-state index contributed by atoms with van der Waals surface area (Å²) in [4.78, 5) is 0. The summed E-state index contributed by atoms with van der Waals surface area (Å²) in [6.07, 6.45) is 0. The van der Waals surface area contributed by atoms with Gasteiger partial charge in [-0.15, -0.1) is 11.6 Å². The molecule has 0 aliphatic heterocycles. The highest BCUT2D eigenvalue weighted by molar-refractivity contribution is 6.17. The summed E-state index contributed by atoms with van der Waals surface area (Å²) >= 11 is 5.41. The standard InChI is InChI=1S/C9H19ClO4/c1-11-4-5-13-8-9-14-7-6-12-3-2-10/h2-9H2,1H3. The Kier molecular flexibility index (Phi) is 13.3. The minimum absolute atomic E-state index is 0.528. The van der Waals surface area contributed by atoms with Gasteiger partial charge in [-0.3, -0.25) is 0 Å². The van der Waals surface area contributed by atoms with Gasteiger partial charge < -0.3 is 18.9 Å². The van der Waals surface area contributed by atoms with Crippen LogP contribution in [0.15, 0.2) is 0 Å². The average molecular weight is 227 g/mol. The second-order valence-corrected chi connectivity index (χ2v) is 2.90. The predicted octanol–water partition coefficient (Wildman–Crippen LogP) is 0.921. The SMILES string of the molecule is COCCOCCOCCOCCCl. The van der Waals surface area contributed by atoms with Crippen LogP contribution in [0.1, 0.15) is 0 Å². The molecule has 0 aromatic heterocycles. The van der Waals surface area contributed by atoms with Crippen molar-refractivity contribution >= 4 is 11.6 Å². The first kappa shape index (κ1) is 14.1. The molecule has 0 rings (SSSR count). The van der Waals surface area contributed by atoms with Crippen LogP contribution in [-0.4, -0.2) is 59.2 Å². The lowest BCUT2D eigenvalue weighted by molar-refractivity contribution is 0.00556. The fourth-order valence-electron chi connectivity index (χ4n) is 0.739. The van der Waals surface area contributed by atoms with Crippen molar-refractivity contribution in [2.24, 2.45) is 0 Å². The molecule has 0 aromatic rings. The van der Waals surface area contributed by atoms with Crippen molar-refractivity contribution in [3.63, 3.8) is 0 Å². The third-order valence-electron chi connectivity index (χ3n) is 1.40. The predicted molar refractivity (Wildman–Crippen MR) is 55.1 cm³/mol. The van der Waals surface area contributed by atoms with Crippen LogP contribution in [0.25, 0.3) is 0 Å². The highest BCUT2D eigenvalue weighted by Gasteiger charge is 1.90. The molecule has 0 aliphatic rings. The molecule has 0 atom stereocenters. The van der Waals surface area contributed by atoms with Gasteiger partial charge in [0, 0.05) is 13.0 Å². The molecule has 0 N–H and O–H groups in total. The van der Waals surface area contributed by atoms with Gasteiger partial charge in [0.1, 0.15) is 0 Å². The van der Waals surface area contributed by atoms with Crippen LogP contribution >= 0.6 is 11.6 Å². The van der Waals surface area contributed by atoms with Crippen LogP contribution in [-0.2, 0) is 18.9 Å². The molecule has 0 unspecified atom stereocenters. The summed E-state index contributed by atoms with van der Waals surface area (Å²) in [5.41, 5.74) is 0. The molecule has 0 bridgehead atoms. The van der Waals surface area contributed by atoms with Gasteiger partial charge in [0.2, 0.25) is 0 Å². The zero-order valence-corrected chi connectivity index (χ0v) is 9.42. The van der Waals surface area contributed by atoms with Gasteiger partial charge in [0.25, 0.3) is 0 Å². The molecule has 0 saturated carbocycles. The monoisotopic (exact) mass is 226 g/mol. The van der Waals surface area contributed by atoms with E-state index in [9.17, 15) is 0 Å². The molecule has 0 aliphatic carbocycles. The molecular formula is C9H19ClO4. The fourth-order valence-corrected chi connectivity index (χ4v) is 0.848. The molecule has 0 saturated heterocycles. The Morgan fingerprint density at radius 3 is 1.57 bits per heavy atom.